The summed E-state index contributed by atoms with van der Waals surface area (Å²) in [6.45, 7) is 6.42. The Kier molecular flexibility index (Phi) is 5.78. The van der Waals surface area contributed by atoms with Crippen molar-refractivity contribution in [3.8, 4) is 0 Å². The van der Waals surface area contributed by atoms with Crippen LogP contribution in [0, 0.1) is 0 Å². The maximum Gasteiger partial charge on any atom is 0.255 e. The zero-order valence-electron chi connectivity index (χ0n) is 18.5. The molecule has 2 amide bonds. The molecule has 0 fully saturated rings. The lowest BCUT2D eigenvalue weighted by Crippen LogP contribution is -2.15. The third-order valence-electron chi connectivity index (χ3n) is 5.46. The second-order valence-corrected chi connectivity index (χ2v) is 8.84. The lowest BCUT2D eigenvalue weighted by molar-refractivity contribution is 0.102. The van der Waals surface area contributed by atoms with E-state index in [9.17, 15) is 9.59 Å². The molecule has 4 heteroatoms. The van der Waals surface area contributed by atoms with E-state index in [1.165, 1.54) is 5.56 Å². The summed E-state index contributed by atoms with van der Waals surface area (Å²) in [5, 5.41) is 7.92. The fourth-order valence-corrected chi connectivity index (χ4v) is 3.56. The minimum atomic E-state index is -0.197. The van der Waals surface area contributed by atoms with Crippen molar-refractivity contribution in [2.45, 2.75) is 26.2 Å². The smallest absolute Gasteiger partial charge is 0.255 e. The first-order valence-corrected chi connectivity index (χ1v) is 10.6. The topological polar surface area (TPSA) is 58.2 Å². The number of carbonyl (C=O) groups excluding carboxylic acids is 2. The molecule has 4 rings (SSSR count). The van der Waals surface area contributed by atoms with E-state index >= 15 is 0 Å². The van der Waals surface area contributed by atoms with Crippen LogP contribution < -0.4 is 10.6 Å². The van der Waals surface area contributed by atoms with E-state index in [4.69, 9.17) is 0 Å². The van der Waals surface area contributed by atoms with Crippen LogP contribution in [-0.4, -0.2) is 11.8 Å². The number of fused-ring (bicyclic) bond motifs is 1. The average Bonchev–Trinajstić information content (AvgIpc) is 2.79. The van der Waals surface area contributed by atoms with Gasteiger partial charge in [0.15, 0.2) is 0 Å². The van der Waals surface area contributed by atoms with Crippen molar-refractivity contribution >= 4 is 34.0 Å². The Hall–Kier alpha value is -3.92. The molecule has 0 aromatic heterocycles. The molecular formula is C28H26N2O2. The normalized spacial score (nSPS) is 11.2. The Bertz CT molecular complexity index is 1260. The zero-order valence-corrected chi connectivity index (χ0v) is 18.5. The number of hydrogen-bond acceptors (Lipinski definition) is 2. The van der Waals surface area contributed by atoms with Gasteiger partial charge in [-0.25, -0.2) is 0 Å². The molecule has 0 aliphatic heterocycles. The third kappa shape index (κ3) is 4.70. The van der Waals surface area contributed by atoms with E-state index < -0.39 is 0 Å². The molecule has 4 nitrogen and oxygen atoms in total. The number of hydrogen-bond donors (Lipinski definition) is 2. The summed E-state index contributed by atoms with van der Waals surface area (Å²) >= 11 is 0. The quantitative estimate of drug-likeness (QED) is 0.387. The maximum absolute atomic E-state index is 12.7. The summed E-state index contributed by atoms with van der Waals surface area (Å²) in [5.74, 6) is -0.379. The van der Waals surface area contributed by atoms with Gasteiger partial charge in [-0.05, 0) is 58.8 Å². The first kappa shape index (κ1) is 21.3. The highest BCUT2D eigenvalue weighted by molar-refractivity contribution is 6.09. The Morgan fingerprint density at radius 1 is 0.625 bits per heavy atom. The fraction of sp³-hybridized carbons (Fsp3) is 0.143. The van der Waals surface area contributed by atoms with E-state index in [1.807, 2.05) is 66.7 Å². The number of rotatable bonds is 4. The molecule has 0 saturated heterocycles. The van der Waals surface area contributed by atoms with Crippen molar-refractivity contribution in [2.24, 2.45) is 0 Å². The van der Waals surface area contributed by atoms with Gasteiger partial charge in [-0.3, -0.25) is 9.59 Å². The SMILES string of the molecule is CC(C)(C)c1ccc(C(=O)Nc2ccc(C(=O)Nc3cccc4ccccc34)cc2)cc1. The van der Waals surface area contributed by atoms with Crippen molar-refractivity contribution < 1.29 is 9.59 Å². The van der Waals surface area contributed by atoms with Crippen LogP contribution in [0.25, 0.3) is 10.8 Å². The van der Waals surface area contributed by atoms with E-state index in [0.29, 0.717) is 16.8 Å². The molecule has 160 valence electrons. The van der Waals surface area contributed by atoms with Crippen LogP contribution in [0.2, 0.25) is 0 Å². The first-order valence-electron chi connectivity index (χ1n) is 10.6. The lowest BCUT2D eigenvalue weighted by Gasteiger charge is -2.19. The summed E-state index contributed by atoms with van der Waals surface area (Å²) in [6, 6.07) is 28.3. The van der Waals surface area contributed by atoms with Gasteiger partial charge >= 0.3 is 0 Å². The van der Waals surface area contributed by atoms with Gasteiger partial charge in [0, 0.05) is 27.9 Å². The first-order chi connectivity index (χ1) is 15.3. The highest BCUT2D eigenvalue weighted by Crippen LogP contribution is 2.24. The number of carbonyl (C=O) groups is 2. The van der Waals surface area contributed by atoms with Gasteiger partial charge in [0.25, 0.3) is 11.8 Å². The van der Waals surface area contributed by atoms with Crippen molar-refractivity contribution in [2.75, 3.05) is 10.6 Å². The largest absolute Gasteiger partial charge is 0.322 e. The fourth-order valence-electron chi connectivity index (χ4n) is 3.56. The van der Waals surface area contributed by atoms with Gasteiger partial charge in [0.2, 0.25) is 0 Å². The van der Waals surface area contributed by atoms with Gasteiger partial charge in [-0.1, -0.05) is 69.3 Å². The number of anilines is 2. The van der Waals surface area contributed by atoms with E-state index in [0.717, 1.165) is 16.5 Å². The van der Waals surface area contributed by atoms with Crippen molar-refractivity contribution in [3.05, 3.63) is 108 Å². The van der Waals surface area contributed by atoms with Crippen LogP contribution >= 0.6 is 0 Å². The summed E-state index contributed by atoms with van der Waals surface area (Å²) in [6.07, 6.45) is 0. The predicted octanol–water partition coefficient (Wildman–Crippen LogP) is 6.64. The van der Waals surface area contributed by atoms with Gasteiger partial charge in [0.1, 0.15) is 0 Å². The second kappa shape index (κ2) is 8.67. The summed E-state index contributed by atoms with van der Waals surface area (Å²) < 4.78 is 0. The Morgan fingerprint density at radius 3 is 1.84 bits per heavy atom. The Balaban J connectivity index is 1.43. The van der Waals surface area contributed by atoms with Crippen LogP contribution in [0.4, 0.5) is 11.4 Å². The van der Waals surface area contributed by atoms with Gasteiger partial charge in [0.05, 0.1) is 0 Å². The molecule has 4 aromatic rings. The van der Waals surface area contributed by atoms with Crippen molar-refractivity contribution in [1.29, 1.82) is 0 Å². The van der Waals surface area contributed by atoms with E-state index in [2.05, 4.69) is 31.4 Å². The third-order valence-corrected chi connectivity index (χ3v) is 5.46. The summed E-state index contributed by atoms with van der Waals surface area (Å²) in [4.78, 5) is 25.3. The molecule has 0 bridgehead atoms. The molecular weight excluding hydrogens is 396 g/mol. The van der Waals surface area contributed by atoms with Crippen LogP contribution in [0.1, 0.15) is 47.1 Å². The van der Waals surface area contributed by atoms with Crippen LogP contribution in [0.5, 0.6) is 0 Å². The Labute approximate surface area is 188 Å². The molecule has 2 N–H and O–H groups in total. The molecule has 0 aliphatic carbocycles. The maximum atomic E-state index is 12.7. The molecule has 0 spiro atoms. The van der Waals surface area contributed by atoms with Crippen LogP contribution in [0.15, 0.2) is 91.0 Å². The second-order valence-electron chi connectivity index (χ2n) is 8.84. The van der Waals surface area contributed by atoms with Crippen LogP contribution in [-0.2, 0) is 5.41 Å². The number of benzene rings is 4. The molecule has 0 heterocycles. The number of amides is 2. The molecule has 0 aliphatic rings. The highest BCUT2D eigenvalue weighted by atomic mass is 16.2. The monoisotopic (exact) mass is 422 g/mol. The molecule has 0 atom stereocenters. The minimum Gasteiger partial charge on any atom is -0.322 e. The van der Waals surface area contributed by atoms with E-state index in [-0.39, 0.29) is 17.2 Å². The number of nitrogens with one attached hydrogen (secondary N) is 2. The van der Waals surface area contributed by atoms with Gasteiger partial charge in [-0.2, -0.15) is 0 Å². The predicted molar refractivity (Wildman–Crippen MR) is 131 cm³/mol. The molecule has 32 heavy (non-hydrogen) atoms. The standard InChI is InChI=1S/C28H26N2O2/c1-28(2,3)22-15-11-20(12-16-22)26(31)29-23-17-13-21(14-18-23)27(32)30-25-10-6-8-19-7-4-5-9-24(19)25/h4-18H,1-3H3,(H,29,31)(H,30,32). The summed E-state index contributed by atoms with van der Waals surface area (Å²) in [5.41, 5.74) is 3.73. The minimum absolute atomic E-state index is 0.0391. The van der Waals surface area contributed by atoms with Crippen molar-refractivity contribution in [3.63, 3.8) is 0 Å². The molecule has 0 saturated carbocycles. The lowest BCUT2D eigenvalue weighted by atomic mass is 9.87. The average molecular weight is 423 g/mol. The zero-order chi connectivity index (χ0) is 22.7. The van der Waals surface area contributed by atoms with Crippen molar-refractivity contribution in [1.82, 2.24) is 0 Å². The Morgan fingerprint density at radius 2 is 1.19 bits per heavy atom. The van der Waals surface area contributed by atoms with E-state index in [1.54, 1.807) is 24.3 Å². The highest BCUT2D eigenvalue weighted by Gasteiger charge is 2.15. The van der Waals surface area contributed by atoms with Gasteiger partial charge < -0.3 is 10.6 Å². The molecule has 0 radical (unpaired) electrons. The van der Waals surface area contributed by atoms with Gasteiger partial charge in [-0.15, -0.1) is 0 Å². The summed E-state index contributed by atoms with van der Waals surface area (Å²) in [7, 11) is 0. The van der Waals surface area contributed by atoms with Crippen LogP contribution in [0.3, 0.4) is 0 Å². The molecule has 4 aromatic carbocycles. The molecule has 0 unspecified atom stereocenters.